The number of aromatic nitrogens is 2. The molecule has 9 heteroatoms. The van der Waals surface area contributed by atoms with E-state index in [0.29, 0.717) is 34.4 Å². The molecular formula is C19H18Cl2N4O3. The summed E-state index contributed by atoms with van der Waals surface area (Å²) in [5.74, 6) is -0.389. The van der Waals surface area contributed by atoms with Gasteiger partial charge in [-0.2, -0.15) is 0 Å². The van der Waals surface area contributed by atoms with Gasteiger partial charge in [0.1, 0.15) is 11.3 Å². The third kappa shape index (κ3) is 4.62. The van der Waals surface area contributed by atoms with Gasteiger partial charge in [-0.25, -0.2) is 4.98 Å². The van der Waals surface area contributed by atoms with E-state index in [4.69, 9.17) is 27.9 Å². The quantitative estimate of drug-likeness (QED) is 0.505. The number of aromatic hydroxyl groups is 1. The number of carbonyl (C=O) groups excluding carboxylic acids is 1. The van der Waals surface area contributed by atoms with Crippen molar-refractivity contribution in [2.24, 2.45) is 0 Å². The van der Waals surface area contributed by atoms with Crippen molar-refractivity contribution in [3.05, 3.63) is 57.8 Å². The van der Waals surface area contributed by atoms with Gasteiger partial charge >= 0.3 is 0 Å². The lowest BCUT2D eigenvalue weighted by Crippen LogP contribution is -2.24. The van der Waals surface area contributed by atoms with Crippen LogP contribution in [-0.4, -0.2) is 41.2 Å². The number of hydrogen-bond acceptors (Lipinski definition) is 6. The molecule has 2 heterocycles. The molecule has 0 atom stereocenters. The second kappa shape index (κ2) is 9.05. The zero-order valence-corrected chi connectivity index (χ0v) is 16.5. The van der Waals surface area contributed by atoms with E-state index in [1.54, 1.807) is 37.4 Å². The lowest BCUT2D eigenvalue weighted by molar-refractivity contribution is 0.0943. The third-order valence-corrected chi connectivity index (χ3v) is 4.36. The molecule has 3 rings (SSSR count). The highest BCUT2D eigenvalue weighted by molar-refractivity contribution is 6.34. The molecule has 0 aliphatic heterocycles. The third-order valence-electron chi connectivity index (χ3n) is 3.92. The summed E-state index contributed by atoms with van der Waals surface area (Å²) in [6, 6.07) is 8.49. The fourth-order valence-corrected chi connectivity index (χ4v) is 3.24. The van der Waals surface area contributed by atoms with E-state index >= 15 is 0 Å². The number of nitrogens with one attached hydrogen (secondary N) is 2. The van der Waals surface area contributed by atoms with Crippen LogP contribution >= 0.6 is 23.2 Å². The summed E-state index contributed by atoms with van der Waals surface area (Å²) in [6.07, 6.45) is 1.54. The second-order valence-corrected chi connectivity index (χ2v) is 6.81. The number of hydrogen-bond donors (Lipinski definition) is 3. The van der Waals surface area contributed by atoms with Crippen LogP contribution in [0.5, 0.6) is 5.75 Å². The molecule has 2 aromatic heterocycles. The number of halogens is 2. The zero-order valence-electron chi connectivity index (χ0n) is 15.0. The van der Waals surface area contributed by atoms with Crippen LogP contribution in [0, 0.1) is 0 Å². The van der Waals surface area contributed by atoms with Crippen molar-refractivity contribution in [3.63, 3.8) is 0 Å². The Balaban J connectivity index is 1.88. The number of carbonyl (C=O) groups is 1. The number of rotatable bonds is 7. The molecule has 0 bridgehead atoms. The molecule has 0 fully saturated rings. The molecule has 1 aromatic carbocycles. The predicted octanol–water partition coefficient (Wildman–Crippen LogP) is 3.63. The lowest BCUT2D eigenvalue weighted by Gasteiger charge is -2.13. The molecule has 0 saturated heterocycles. The SMILES string of the molecule is COCCNc1nc(C(=O)NCc2cc(Cl)cc(Cl)c2)c(O)c2ncccc12. The monoisotopic (exact) mass is 420 g/mol. The van der Waals surface area contributed by atoms with Crippen LogP contribution in [0.3, 0.4) is 0 Å². The molecule has 7 nitrogen and oxygen atoms in total. The zero-order chi connectivity index (χ0) is 20.1. The van der Waals surface area contributed by atoms with Crippen molar-refractivity contribution in [3.8, 4) is 5.75 Å². The number of amides is 1. The minimum absolute atomic E-state index is 0.126. The Morgan fingerprint density at radius 3 is 2.71 bits per heavy atom. The lowest BCUT2D eigenvalue weighted by atomic mass is 10.2. The van der Waals surface area contributed by atoms with Gasteiger partial charge in [0.2, 0.25) is 0 Å². The van der Waals surface area contributed by atoms with Gasteiger partial charge in [0, 0.05) is 41.8 Å². The molecule has 0 radical (unpaired) electrons. The van der Waals surface area contributed by atoms with Gasteiger partial charge in [0.15, 0.2) is 11.4 Å². The van der Waals surface area contributed by atoms with Gasteiger partial charge in [-0.15, -0.1) is 0 Å². The maximum Gasteiger partial charge on any atom is 0.274 e. The van der Waals surface area contributed by atoms with Gasteiger partial charge in [0.05, 0.1) is 6.61 Å². The number of ether oxygens (including phenoxy) is 1. The van der Waals surface area contributed by atoms with E-state index < -0.39 is 5.91 Å². The standard InChI is InChI=1S/C19H18Cl2N4O3/c1-28-6-5-23-18-14-3-2-4-22-15(14)17(26)16(25-18)19(27)24-10-11-7-12(20)9-13(21)8-11/h2-4,7-9,26H,5-6,10H2,1H3,(H,23,25)(H,24,27). The topological polar surface area (TPSA) is 96.4 Å². The van der Waals surface area contributed by atoms with E-state index in [2.05, 4.69) is 20.6 Å². The summed E-state index contributed by atoms with van der Waals surface area (Å²) in [5, 5.41) is 17.9. The molecule has 0 unspecified atom stereocenters. The van der Waals surface area contributed by atoms with Gasteiger partial charge in [-0.3, -0.25) is 9.78 Å². The van der Waals surface area contributed by atoms with E-state index in [1.165, 1.54) is 6.20 Å². The summed E-state index contributed by atoms with van der Waals surface area (Å²) in [5.41, 5.74) is 0.885. The van der Waals surface area contributed by atoms with Crippen LogP contribution < -0.4 is 10.6 Å². The fraction of sp³-hybridized carbons (Fsp3) is 0.211. The fourth-order valence-electron chi connectivity index (χ4n) is 2.67. The predicted molar refractivity (Wildman–Crippen MR) is 109 cm³/mol. The first-order chi connectivity index (χ1) is 13.5. The highest BCUT2D eigenvalue weighted by Crippen LogP contribution is 2.30. The van der Waals surface area contributed by atoms with Crippen LogP contribution in [-0.2, 0) is 11.3 Å². The number of fused-ring (bicyclic) bond motifs is 1. The summed E-state index contributed by atoms with van der Waals surface area (Å²) >= 11 is 12.0. The van der Waals surface area contributed by atoms with Crippen molar-refractivity contribution in [2.75, 3.05) is 25.6 Å². The van der Waals surface area contributed by atoms with Gasteiger partial charge in [-0.05, 0) is 35.9 Å². The average molecular weight is 421 g/mol. The Morgan fingerprint density at radius 1 is 1.25 bits per heavy atom. The van der Waals surface area contributed by atoms with Gasteiger partial charge in [0.25, 0.3) is 5.91 Å². The van der Waals surface area contributed by atoms with Crippen LogP contribution in [0.1, 0.15) is 16.1 Å². The minimum Gasteiger partial charge on any atom is -0.504 e. The van der Waals surface area contributed by atoms with Crippen LogP contribution in [0.25, 0.3) is 10.9 Å². The molecular weight excluding hydrogens is 403 g/mol. The molecule has 28 heavy (non-hydrogen) atoms. The maximum atomic E-state index is 12.7. The summed E-state index contributed by atoms with van der Waals surface area (Å²) < 4.78 is 5.03. The molecule has 0 spiro atoms. The van der Waals surface area contributed by atoms with Crippen molar-refractivity contribution in [2.45, 2.75) is 6.54 Å². The number of benzene rings is 1. The largest absolute Gasteiger partial charge is 0.504 e. The van der Waals surface area contributed by atoms with Gasteiger partial charge < -0.3 is 20.5 Å². The van der Waals surface area contributed by atoms with E-state index in [-0.39, 0.29) is 23.5 Å². The Morgan fingerprint density at radius 2 is 2.00 bits per heavy atom. The van der Waals surface area contributed by atoms with E-state index in [1.807, 2.05) is 0 Å². The molecule has 0 aliphatic carbocycles. The normalized spacial score (nSPS) is 10.8. The maximum absolute atomic E-state index is 12.7. The molecule has 0 aliphatic rings. The van der Waals surface area contributed by atoms with Crippen molar-refractivity contribution in [1.82, 2.24) is 15.3 Å². The summed E-state index contributed by atoms with van der Waals surface area (Å²) in [6.45, 7) is 1.12. The number of anilines is 1. The van der Waals surface area contributed by atoms with Crippen LogP contribution in [0.15, 0.2) is 36.5 Å². The number of nitrogens with zero attached hydrogens (tertiary/aromatic N) is 2. The Kier molecular flexibility index (Phi) is 6.51. The first-order valence-corrected chi connectivity index (χ1v) is 9.19. The molecule has 3 N–H and O–H groups in total. The summed E-state index contributed by atoms with van der Waals surface area (Å²) in [4.78, 5) is 21.1. The Hall–Kier alpha value is -2.61. The highest BCUT2D eigenvalue weighted by atomic mass is 35.5. The summed E-state index contributed by atoms with van der Waals surface area (Å²) in [7, 11) is 1.59. The first-order valence-electron chi connectivity index (χ1n) is 8.43. The van der Waals surface area contributed by atoms with Crippen LogP contribution in [0.2, 0.25) is 10.0 Å². The minimum atomic E-state index is -0.545. The van der Waals surface area contributed by atoms with Gasteiger partial charge in [-0.1, -0.05) is 23.2 Å². The Labute approximate surface area is 171 Å². The highest BCUT2D eigenvalue weighted by Gasteiger charge is 2.20. The van der Waals surface area contributed by atoms with Crippen molar-refractivity contribution >= 4 is 45.8 Å². The number of pyridine rings is 2. The molecule has 146 valence electrons. The smallest absolute Gasteiger partial charge is 0.274 e. The van der Waals surface area contributed by atoms with Crippen molar-refractivity contribution in [1.29, 1.82) is 0 Å². The van der Waals surface area contributed by atoms with E-state index in [0.717, 1.165) is 5.56 Å². The van der Waals surface area contributed by atoms with E-state index in [9.17, 15) is 9.90 Å². The molecule has 1 amide bonds. The second-order valence-electron chi connectivity index (χ2n) is 5.94. The Bertz CT molecular complexity index is 994. The van der Waals surface area contributed by atoms with Crippen molar-refractivity contribution < 1.29 is 14.6 Å². The average Bonchev–Trinajstić information content (AvgIpc) is 2.67. The first kappa shape index (κ1) is 20.1. The van der Waals surface area contributed by atoms with Crippen LogP contribution in [0.4, 0.5) is 5.82 Å². The molecule has 0 saturated carbocycles. The number of methoxy groups -OCH3 is 1. The molecule has 3 aromatic rings.